The Balaban J connectivity index is 2.20. The fourth-order valence-corrected chi connectivity index (χ4v) is 1.96. The standard InChI is InChI=1S/C12H15NO3/c1-16-9-4-5-13-11(6-9)10(7-12(14)15)8-2-3-8/h4-6,8,10H,2-3,7H2,1H3,(H,14,15). The van der Waals surface area contributed by atoms with Crippen molar-refractivity contribution in [3.05, 3.63) is 24.0 Å². The Morgan fingerprint density at radius 1 is 1.69 bits per heavy atom. The lowest BCUT2D eigenvalue weighted by molar-refractivity contribution is -0.137. The molecule has 1 aliphatic carbocycles. The zero-order valence-corrected chi connectivity index (χ0v) is 9.22. The fourth-order valence-electron chi connectivity index (χ4n) is 1.96. The van der Waals surface area contributed by atoms with Crippen LogP contribution in [0.3, 0.4) is 0 Å². The summed E-state index contributed by atoms with van der Waals surface area (Å²) < 4.78 is 5.12. The van der Waals surface area contributed by atoms with Crippen molar-refractivity contribution < 1.29 is 14.6 Å². The minimum absolute atomic E-state index is 0.0348. The van der Waals surface area contributed by atoms with Gasteiger partial charge in [0.15, 0.2) is 0 Å². The van der Waals surface area contributed by atoms with E-state index in [0.717, 1.165) is 24.3 Å². The third-order valence-electron chi connectivity index (χ3n) is 2.95. The molecule has 1 atom stereocenters. The highest BCUT2D eigenvalue weighted by molar-refractivity contribution is 5.68. The normalized spacial score (nSPS) is 16.8. The predicted molar refractivity (Wildman–Crippen MR) is 58.5 cm³/mol. The van der Waals surface area contributed by atoms with Gasteiger partial charge in [0.05, 0.1) is 13.5 Å². The summed E-state index contributed by atoms with van der Waals surface area (Å²) in [4.78, 5) is 15.1. The van der Waals surface area contributed by atoms with E-state index in [1.807, 2.05) is 6.07 Å². The third-order valence-corrected chi connectivity index (χ3v) is 2.95. The van der Waals surface area contributed by atoms with Crippen molar-refractivity contribution in [1.82, 2.24) is 4.98 Å². The summed E-state index contributed by atoms with van der Waals surface area (Å²) in [5.41, 5.74) is 0.837. The molecule has 0 radical (unpaired) electrons. The number of pyridine rings is 1. The zero-order valence-electron chi connectivity index (χ0n) is 9.22. The number of carboxylic acid groups (broad SMARTS) is 1. The summed E-state index contributed by atoms with van der Waals surface area (Å²) in [5, 5.41) is 8.89. The lowest BCUT2D eigenvalue weighted by Crippen LogP contribution is -2.10. The van der Waals surface area contributed by atoms with E-state index < -0.39 is 5.97 Å². The van der Waals surface area contributed by atoms with Gasteiger partial charge in [0.25, 0.3) is 0 Å². The SMILES string of the molecule is COc1ccnc(C(CC(=O)O)C2CC2)c1. The second-order valence-corrected chi connectivity index (χ2v) is 4.16. The molecule has 1 heterocycles. The summed E-state index contributed by atoms with van der Waals surface area (Å²) in [7, 11) is 1.60. The molecule has 86 valence electrons. The molecule has 4 nitrogen and oxygen atoms in total. The molecule has 1 saturated carbocycles. The van der Waals surface area contributed by atoms with Crippen molar-refractivity contribution in [2.75, 3.05) is 7.11 Å². The molecule has 1 fully saturated rings. The third kappa shape index (κ3) is 2.51. The second-order valence-electron chi connectivity index (χ2n) is 4.16. The first kappa shape index (κ1) is 10.9. The molecule has 4 heteroatoms. The van der Waals surface area contributed by atoms with Crippen LogP contribution in [0.4, 0.5) is 0 Å². The number of nitrogens with zero attached hydrogens (tertiary/aromatic N) is 1. The molecular weight excluding hydrogens is 206 g/mol. The predicted octanol–water partition coefficient (Wildman–Crippen LogP) is 2.06. The molecule has 1 aromatic rings. The van der Waals surface area contributed by atoms with Crippen molar-refractivity contribution >= 4 is 5.97 Å². The smallest absolute Gasteiger partial charge is 0.304 e. The average molecular weight is 221 g/mol. The van der Waals surface area contributed by atoms with Gasteiger partial charge in [-0.15, -0.1) is 0 Å². The Labute approximate surface area is 94.3 Å². The first-order valence-electron chi connectivity index (χ1n) is 5.42. The van der Waals surface area contributed by atoms with Crippen LogP contribution in [0.1, 0.15) is 30.9 Å². The Hall–Kier alpha value is -1.58. The Morgan fingerprint density at radius 2 is 2.44 bits per heavy atom. The van der Waals surface area contributed by atoms with Crippen molar-refractivity contribution in [2.24, 2.45) is 5.92 Å². The number of hydrogen-bond donors (Lipinski definition) is 1. The number of aliphatic carboxylic acids is 1. The van der Waals surface area contributed by atoms with E-state index in [0.29, 0.717) is 5.92 Å². The van der Waals surface area contributed by atoms with Gasteiger partial charge in [-0.3, -0.25) is 9.78 Å². The van der Waals surface area contributed by atoms with Crippen molar-refractivity contribution in [2.45, 2.75) is 25.2 Å². The van der Waals surface area contributed by atoms with E-state index in [1.165, 1.54) is 0 Å². The van der Waals surface area contributed by atoms with Gasteiger partial charge >= 0.3 is 5.97 Å². The first-order chi connectivity index (χ1) is 7.70. The van der Waals surface area contributed by atoms with Crippen LogP contribution in [0.25, 0.3) is 0 Å². The number of carbonyl (C=O) groups is 1. The van der Waals surface area contributed by atoms with E-state index >= 15 is 0 Å². The molecule has 0 bridgehead atoms. The number of methoxy groups -OCH3 is 1. The van der Waals surface area contributed by atoms with Crippen molar-refractivity contribution in [3.63, 3.8) is 0 Å². The van der Waals surface area contributed by atoms with E-state index in [9.17, 15) is 4.79 Å². The largest absolute Gasteiger partial charge is 0.497 e. The van der Waals surface area contributed by atoms with Gasteiger partial charge in [-0.25, -0.2) is 0 Å². The molecule has 0 spiro atoms. The molecular formula is C12H15NO3. The zero-order chi connectivity index (χ0) is 11.5. The van der Waals surface area contributed by atoms with Gasteiger partial charge in [-0.05, 0) is 24.8 Å². The summed E-state index contributed by atoms with van der Waals surface area (Å²) in [5.74, 6) is 0.492. The topological polar surface area (TPSA) is 59.4 Å². The number of rotatable bonds is 5. The molecule has 1 N–H and O–H groups in total. The maximum Gasteiger partial charge on any atom is 0.304 e. The number of ether oxygens (including phenoxy) is 1. The molecule has 1 aliphatic rings. The highest BCUT2D eigenvalue weighted by Crippen LogP contribution is 2.44. The summed E-state index contributed by atoms with van der Waals surface area (Å²) >= 11 is 0. The summed E-state index contributed by atoms with van der Waals surface area (Å²) in [6.45, 7) is 0. The summed E-state index contributed by atoms with van der Waals surface area (Å²) in [6.07, 6.45) is 4.05. The molecule has 0 aromatic carbocycles. The molecule has 1 aromatic heterocycles. The minimum atomic E-state index is -0.762. The van der Waals surface area contributed by atoms with E-state index in [1.54, 1.807) is 19.4 Å². The van der Waals surface area contributed by atoms with Gasteiger partial charge in [0.1, 0.15) is 5.75 Å². The van der Waals surface area contributed by atoms with Gasteiger partial charge in [-0.2, -0.15) is 0 Å². The molecule has 16 heavy (non-hydrogen) atoms. The Morgan fingerprint density at radius 3 is 3.00 bits per heavy atom. The molecule has 0 amide bonds. The van der Waals surface area contributed by atoms with Crippen LogP contribution in [0.2, 0.25) is 0 Å². The lowest BCUT2D eigenvalue weighted by Gasteiger charge is -2.13. The fraction of sp³-hybridized carbons (Fsp3) is 0.500. The number of aromatic nitrogens is 1. The maximum atomic E-state index is 10.8. The molecule has 0 aliphatic heterocycles. The molecule has 1 unspecified atom stereocenters. The maximum absolute atomic E-state index is 10.8. The highest BCUT2D eigenvalue weighted by atomic mass is 16.5. The van der Waals surface area contributed by atoms with Crippen LogP contribution >= 0.6 is 0 Å². The van der Waals surface area contributed by atoms with Crippen LogP contribution in [-0.4, -0.2) is 23.2 Å². The average Bonchev–Trinajstić information content (AvgIpc) is 3.09. The molecule has 2 rings (SSSR count). The van der Waals surface area contributed by atoms with Gasteiger partial charge in [0.2, 0.25) is 0 Å². The van der Waals surface area contributed by atoms with Gasteiger partial charge in [0, 0.05) is 23.9 Å². The number of hydrogen-bond acceptors (Lipinski definition) is 3. The van der Waals surface area contributed by atoms with Crippen molar-refractivity contribution in [1.29, 1.82) is 0 Å². The van der Waals surface area contributed by atoms with Crippen molar-refractivity contribution in [3.8, 4) is 5.75 Å². The van der Waals surface area contributed by atoms with Crippen LogP contribution < -0.4 is 4.74 Å². The first-order valence-corrected chi connectivity index (χ1v) is 5.42. The number of carboxylic acids is 1. The van der Waals surface area contributed by atoms with Crippen LogP contribution in [0.15, 0.2) is 18.3 Å². The second kappa shape index (κ2) is 4.51. The minimum Gasteiger partial charge on any atom is -0.497 e. The summed E-state index contributed by atoms with van der Waals surface area (Å²) in [6, 6.07) is 3.61. The van der Waals surface area contributed by atoms with Crippen LogP contribution in [0.5, 0.6) is 5.75 Å². The van der Waals surface area contributed by atoms with E-state index in [4.69, 9.17) is 9.84 Å². The monoisotopic (exact) mass is 221 g/mol. The van der Waals surface area contributed by atoms with Gasteiger partial charge in [-0.1, -0.05) is 0 Å². The lowest BCUT2D eigenvalue weighted by atomic mass is 9.95. The van der Waals surface area contributed by atoms with Gasteiger partial charge < -0.3 is 9.84 Å². The van der Waals surface area contributed by atoms with Crippen LogP contribution in [-0.2, 0) is 4.79 Å². The quantitative estimate of drug-likeness (QED) is 0.826. The van der Waals surface area contributed by atoms with E-state index in [2.05, 4.69) is 4.98 Å². The Bertz CT molecular complexity index is 388. The Kier molecular flexibility index (Phi) is 3.08. The van der Waals surface area contributed by atoms with Crippen LogP contribution in [0, 0.1) is 5.92 Å². The highest BCUT2D eigenvalue weighted by Gasteiger charge is 2.34. The molecule has 0 saturated heterocycles. The van der Waals surface area contributed by atoms with E-state index in [-0.39, 0.29) is 12.3 Å².